The van der Waals surface area contributed by atoms with Crippen LogP contribution < -0.4 is 5.73 Å². The van der Waals surface area contributed by atoms with Gasteiger partial charge >= 0.3 is 5.97 Å². The molecular formula is C15H24N2O3S. The van der Waals surface area contributed by atoms with Gasteiger partial charge in [0.15, 0.2) is 0 Å². The van der Waals surface area contributed by atoms with Crippen molar-refractivity contribution in [1.29, 1.82) is 0 Å². The Hall–Kier alpha value is -1.17. The molecule has 118 valence electrons. The number of nitrogens with two attached hydrogens (primary N) is 1. The van der Waals surface area contributed by atoms with Gasteiger partial charge in [0.05, 0.1) is 17.0 Å². The van der Waals surface area contributed by atoms with E-state index in [-0.39, 0.29) is 16.9 Å². The van der Waals surface area contributed by atoms with Crippen molar-refractivity contribution >= 4 is 29.1 Å². The van der Waals surface area contributed by atoms with E-state index in [1.807, 2.05) is 0 Å². The number of esters is 1. The molecule has 0 aromatic heterocycles. The number of hydrogen-bond donors (Lipinski definition) is 1. The van der Waals surface area contributed by atoms with Gasteiger partial charge in [-0.3, -0.25) is 4.79 Å². The van der Waals surface area contributed by atoms with Crippen molar-refractivity contribution in [3.8, 4) is 0 Å². The molecule has 6 heteroatoms. The standard InChI is InChI=1S/C15H24N2O3S/c1-2-20-12(18)11-7-3-6-10-17(11)14(19)15(13(16)21)8-4-5-9-15/h11H,2-10H2,1H3,(H2,16,21). The zero-order valence-corrected chi connectivity index (χ0v) is 13.4. The van der Waals surface area contributed by atoms with E-state index in [9.17, 15) is 9.59 Å². The summed E-state index contributed by atoms with van der Waals surface area (Å²) in [6.07, 6.45) is 5.84. The number of rotatable bonds is 4. The van der Waals surface area contributed by atoms with E-state index >= 15 is 0 Å². The van der Waals surface area contributed by atoms with Crippen molar-refractivity contribution in [2.24, 2.45) is 11.1 Å². The lowest BCUT2D eigenvalue weighted by Gasteiger charge is -2.39. The number of ether oxygens (including phenoxy) is 1. The molecule has 1 aliphatic carbocycles. The molecular weight excluding hydrogens is 288 g/mol. The van der Waals surface area contributed by atoms with Crippen LogP contribution in [0.4, 0.5) is 0 Å². The molecule has 1 saturated carbocycles. The van der Waals surface area contributed by atoms with Crippen LogP contribution in [-0.4, -0.2) is 41.0 Å². The van der Waals surface area contributed by atoms with Crippen LogP contribution in [0.1, 0.15) is 51.9 Å². The summed E-state index contributed by atoms with van der Waals surface area (Å²) in [5, 5.41) is 0. The van der Waals surface area contributed by atoms with Crippen LogP contribution in [0.5, 0.6) is 0 Å². The fraction of sp³-hybridized carbons (Fsp3) is 0.800. The highest BCUT2D eigenvalue weighted by atomic mass is 32.1. The van der Waals surface area contributed by atoms with E-state index in [0.717, 1.165) is 25.7 Å². The van der Waals surface area contributed by atoms with Gasteiger partial charge in [0, 0.05) is 6.54 Å². The van der Waals surface area contributed by atoms with Gasteiger partial charge in [-0.05, 0) is 39.0 Å². The lowest BCUT2D eigenvalue weighted by molar-refractivity contribution is -0.159. The number of carbonyl (C=O) groups is 2. The van der Waals surface area contributed by atoms with Crippen LogP contribution in [0.25, 0.3) is 0 Å². The van der Waals surface area contributed by atoms with Gasteiger partial charge in [-0.1, -0.05) is 25.1 Å². The van der Waals surface area contributed by atoms with Crippen molar-refractivity contribution in [2.45, 2.75) is 57.9 Å². The topological polar surface area (TPSA) is 72.6 Å². The Balaban J connectivity index is 2.22. The first kappa shape index (κ1) is 16.2. The molecule has 1 saturated heterocycles. The first-order valence-corrected chi connectivity index (χ1v) is 8.21. The highest BCUT2D eigenvalue weighted by Gasteiger charge is 2.48. The molecule has 0 aromatic carbocycles. The molecule has 2 fully saturated rings. The van der Waals surface area contributed by atoms with Crippen LogP contribution in [0.15, 0.2) is 0 Å². The number of amides is 1. The highest BCUT2D eigenvalue weighted by molar-refractivity contribution is 7.80. The largest absolute Gasteiger partial charge is 0.464 e. The minimum Gasteiger partial charge on any atom is -0.464 e. The summed E-state index contributed by atoms with van der Waals surface area (Å²) in [7, 11) is 0. The molecule has 0 radical (unpaired) electrons. The summed E-state index contributed by atoms with van der Waals surface area (Å²) in [5.74, 6) is -0.369. The molecule has 0 aromatic rings. The van der Waals surface area contributed by atoms with E-state index in [2.05, 4.69) is 0 Å². The Morgan fingerprint density at radius 2 is 1.95 bits per heavy atom. The van der Waals surface area contributed by atoms with Crippen molar-refractivity contribution < 1.29 is 14.3 Å². The lowest BCUT2D eigenvalue weighted by atomic mass is 9.83. The number of piperidine rings is 1. The minimum atomic E-state index is -0.739. The van der Waals surface area contributed by atoms with Gasteiger partial charge in [0.2, 0.25) is 5.91 Å². The molecule has 2 N–H and O–H groups in total. The van der Waals surface area contributed by atoms with Gasteiger partial charge in [0.25, 0.3) is 0 Å². The maximum absolute atomic E-state index is 13.0. The maximum Gasteiger partial charge on any atom is 0.328 e. The fourth-order valence-electron chi connectivity index (χ4n) is 3.48. The predicted molar refractivity (Wildman–Crippen MR) is 83.7 cm³/mol. The summed E-state index contributed by atoms with van der Waals surface area (Å²) in [6, 6.07) is -0.474. The normalized spacial score (nSPS) is 24.6. The first-order chi connectivity index (χ1) is 10.0. The summed E-state index contributed by atoms with van der Waals surface area (Å²) < 4.78 is 5.12. The Morgan fingerprint density at radius 3 is 2.52 bits per heavy atom. The molecule has 1 atom stereocenters. The van der Waals surface area contributed by atoms with E-state index in [1.54, 1.807) is 11.8 Å². The van der Waals surface area contributed by atoms with Crippen LogP contribution in [0, 0.1) is 5.41 Å². The smallest absolute Gasteiger partial charge is 0.328 e. The number of carbonyl (C=O) groups excluding carboxylic acids is 2. The van der Waals surface area contributed by atoms with E-state index in [0.29, 0.717) is 32.4 Å². The van der Waals surface area contributed by atoms with Gasteiger partial charge in [-0.15, -0.1) is 0 Å². The molecule has 2 aliphatic rings. The molecule has 2 rings (SSSR count). The average molecular weight is 312 g/mol. The summed E-state index contributed by atoms with van der Waals surface area (Å²) in [4.78, 5) is 27.1. The molecule has 1 unspecified atom stereocenters. The summed E-state index contributed by atoms with van der Waals surface area (Å²) >= 11 is 5.18. The van der Waals surface area contributed by atoms with Gasteiger partial charge in [-0.2, -0.15) is 0 Å². The Morgan fingerprint density at radius 1 is 1.29 bits per heavy atom. The molecule has 0 bridgehead atoms. The predicted octanol–water partition coefficient (Wildman–Crippen LogP) is 1.78. The molecule has 1 aliphatic heterocycles. The van der Waals surface area contributed by atoms with Crippen molar-refractivity contribution in [1.82, 2.24) is 4.90 Å². The third-order valence-corrected chi connectivity index (χ3v) is 5.05. The maximum atomic E-state index is 13.0. The van der Waals surface area contributed by atoms with E-state index < -0.39 is 11.5 Å². The highest BCUT2D eigenvalue weighted by Crippen LogP contribution is 2.41. The SMILES string of the molecule is CCOC(=O)C1CCCCN1C(=O)C1(C(N)=S)CCCC1. The second-order valence-corrected chi connectivity index (χ2v) is 6.36. The molecule has 0 spiro atoms. The second-order valence-electron chi connectivity index (χ2n) is 5.92. The van der Waals surface area contributed by atoms with Gasteiger partial charge < -0.3 is 15.4 Å². The second kappa shape index (κ2) is 6.73. The zero-order valence-electron chi connectivity index (χ0n) is 12.6. The fourth-order valence-corrected chi connectivity index (χ4v) is 3.77. The summed E-state index contributed by atoms with van der Waals surface area (Å²) in [5.41, 5.74) is 5.15. The monoisotopic (exact) mass is 312 g/mol. The van der Waals surface area contributed by atoms with Crippen molar-refractivity contribution in [3.63, 3.8) is 0 Å². The van der Waals surface area contributed by atoms with Crippen LogP contribution in [0.3, 0.4) is 0 Å². The van der Waals surface area contributed by atoms with E-state index in [1.165, 1.54) is 0 Å². The number of likely N-dealkylation sites (tertiary alicyclic amines) is 1. The molecule has 1 amide bonds. The lowest BCUT2D eigenvalue weighted by Crippen LogP contribution is -2.56. The van der Waals surface area contributed by atoms with Gasteiger partial charge in [0.1, 0.15) is 6.04 Å². The zero-order chi connectivity index (χ0) is 15.5. The number of nitrogens with zero attached hydrogens (tertiary/aromatic N) is 1. The number of hydrogen-bond acceptors (Lipinski definition) is 4. The minimum absolute atomic E-state index is 0.0646. The molecule has 5 nitrogen and oxygen atoms in total. The van der Waals surface area contributed by atoms with Crippen LogP contribution >= 0.6 is 12.2 Å². The molecule has 1 heterocycles. The third-order valence-electron chi connectivity index (χ3n) is 4.66. The Labute approximate surface area is 131 Å². The van der Waals surface area contributed by atoms with E-state index in [4.69, 9.17) is 22.7 Å². The van der Waals surface area contributed by atoms with Crippen molar-refractivity contribution in [3.05, 3.63) is 0 Å². The molecule has 21 heavy (non-hydrogen) atoms. The Kier molecular flexibility index (Phi) is 5.19. The van der Waals surface area contributed by atoms with Crippen molar-refractivity contribution in [2.75, 3.05) is 13.2 Å². The summed E-state index contributed by atoms with van der Waals surface area (Å²) in [6.45, 7) is 2.70. The third kappa shape index (κ3) is 3.05. The van der Waals surface area contributed by atoms with Crippen LogP contribution in [-0.2, 0) is 14.3 Å². The quantitative estimate of drug-likeness (QED) is 0.633. The Bertz CT molecular complexity index is 433. The average Bonchev–Trinajstić information content (AvgIpc) is 2.97. The number of thiocarbonyl (C=S) groups is 1. The first-order valence-electron chi connectivity index (χ1n) is 7.80. The van der Waals surface area contributed by atoms with Gasteiger partial charge in [-0.25, -0.2) is 4.79 Å². The van der Waals surface area contributed by atoms with Crippen LogP contribution in [0.2, 0.25) is 0 Å².